The molecule has 134 valence electrons. The van der Waals surface area contributed by atoms with Crippen LogP contribution in [0.2, 0.25) is 5.02 Å². The highest BCUT2D eigenvalue weighted by atomic mass is 35.5. The SMILES string of the molecule is Cc1cccc(C(=O)N(Cc2nnc(-c3ccccc3Cl)o2)C(C)C)n1. The van der Waals surface area contributed by atoms with Gasteiger partial charge >= 0.3 is 0 Å². The molecule has 0 aliphatic rings. The molecule has 26 heavy (non-hydrogen) atoms. The maximum absolute atomic E-state index is 12.8. The van der Waals surface area contributed by atoms with Gasteiger partial charge in [0.05, 0.1) is 17.1 Å². The summed E-state index contributed by atoms with van der Waals surface area (Å²) in [6.45, 7) is 5.91. The predicted octanol–water partition coefficient (Wildman–Crippen LogP) is 4.14. The molecule has 1 aromatic carbocycles. The third-order valence-corrected chi connectivity index (χ3v) is 4.20. The van der Waals surface area contributed by atoms with Crippen molar-refractivity contribution in [3.05, 3.63) is 64.8 Å². The van der Waals surface area contributed by atoms with Gasteiger partial charge in [-0.25, -0.2) is 4.98 Å². The molecule has 0 radical (unpaired) electrons. The van der Waals surface area contributed by atoms with Crippen LogP contribution in [0.4, 0.5) is 0 Å². The smallest absolute Gasteiger partial charge is 0.273 e. The molecule has 2 aromatic heterocycles. The monoisotopic (exact) mass is 370 g/mol. The highest BCUT2D eigenvalue weighted by molar-refractivity contribution is 6.33. The normalized spacial score (nSPS) is 11.0. The third kappa shape index (κ3) is 3.91. The lowest BCUT2D eigenvalue weighted by Crippen LogP contribution is -2.37. The first-order valence-corrected chi connectivity index (χ1v) is 8.65. The summed E-state index contributed by atoms with van der Waals surface area (Å²) >= 11 is 6.17. The van der Waals surface area contributed by atoms with Crippen LogP contribution in [-0.2, 0) is 6.54 Å². The Bertz CT molecular complexity index is 923. The number of aryl methyl sites for hydroxylation is 1. The Morgan fingerprint density at radius 2 is 1.92 bits per heavy atom. The number of hydrogen-bond acceptors (Lipinski definition) is 5. The molecule has 3 aromatic rings. The quantitative estimate of drug-likeness (QED) is 0.674. The first-order chi connectivity index (χ1) is 12.5. The molecular weight excluding hydrogens is 352 g/mol. The predicted molar refractivity (Wildman–Crippen MR) is 98.7 cm³/mol. The maximum atomic E-state index is 12.8. The standard InChI is InChI=1S/C19H19ClN4O2/c1-12(2)24(19(25)16-10-6-7-13(3)21-16)11-17-22-23-18(26-17)14-8-4-5-9-15(14)20/h4-10,12H,11H2,1-3H3. The Hall–Kier alpha value is -2.73. The molecule has 1 amide bonds. The van der Waals surface area contributed by atoms with E-state index in [-0.39, 0.29) is 18.5 Å². The van der Waals surface area contributed by atoms with E-state index in [9.17, 15) is 4.79 Å². The van der Waals surface area contributed by atoms with Crippen LogP contribution in [0.3, 0.4) is 0 Å². The first kappa shape index (κ1) is 18.1. The molecule has 0 aliphatic carbocycles. The van der Waals surface area contributed by atoms with E-state index in [0.29, 0.717) is 28.1 Å². The van der Waals surface area contributed by atoms with E-state index in [1.807, 2.05) is 51.1 Å². The molecule has 0 bridgehead atoms. The minimum absolute atomic E-state index is 0.0551. The number of carbonyl (C=O) groups excluding carboxylic acids is 1. The molecule has 0 fully saturated rings. The lowest BCUT2D eigenvalue weighted by Gasteiger charge is -2.24. The summed E-state index contributed by atoms with van der Waals surface area (Å²) in [5.41, 5.74) is 1.85. The summed E-state index contributed by atoms with van der Waals surface area (Å²) in [6.07, 6.45) is 0. The van der Waals surface area contributed by atoms with Crippen LogP contribution < -0.4 is 0 Å². The van der Waals surface area contributed by atoms with E-state index in [1.54, 1.807) is 17.0 Å². The van der Waals surface area contributed by atoms with Gasteiger partial charge in [-0.2, -0.15) is 0 Å². The minimum Gasteiger partial charge on any atom is -0.419 e. The summed E-state index contributed by atoms with van der Waals surface area (Å²) in [5, 5.41) is 8.64. The van der Waals surface area contributed by atoms with E-state index in [1.165, 1.54) is 0 Å². The average molecular weight is 371 g/mol. The Balaban J connectivity index is 1.83. The number of halogens is 1. The van der Waals surface area contributed by atoms with Gasteiger partial charge in [0, 0.05) is 11.7 Å². The van der Waals surface area contributed by atoms with Gasteiger partial charge in [0.25, 0.3) is 5.91 Å². The van der Waals surface area contributed by atoms with Crippen LogP contribution >= 0.6 is 11.6 Å². The number of carbonyl (C=O) groups is 1. The van der Waals surface area contributed by atoms with Crippen LogP contribution in [0, 0.1) is 6.92 Å². The Morgan fingerprint density at radius 3 is 2.62 bits per heavy atom. The number of benzene rings is 1. The molecule has 6 nitrogen and oxygen atoms in total. The zero-order chi connectivity index (χ0) is 18.7. The molecule has 0 spiro atoms. The van der Waals surface area contributed by atoms with Gasteiger partial charge < -0.3 is 9.32 Å². The highest BCUT2D eigenvalue weighted by Crippen LogP contribution is 2.26. The largest absolute Gasteiger partial charge is 0.419 e. The summed E-state index contributed by atoms with van der Waals surface area (Å²) in [7, 11) is 0. The van der Waals surface area contributed by atoms with Gasteiger partial charge in [0.15, 0.2) is 0 Å². The fourth-order valence-electron chi connectivity index (χ4n) is 2.50. The number of hydrogen-bond donors (Lipinski definition) is 0. The minimum atomic E-state index is -0.179. The first-order valence-electron chi connectivity index (χ1n) is 8.27. The molecule has 0 unspecified atom stereocenters. The van der Waals surface area contributed by atoms with Crippen LogP contribution in [-0.4, -0.2) is 32.0 Å². The van der Waals surface area contributed by atoms with Crippen LogP contribution in [0.25, 0.3) is 11.5 Å². The summed E-state index contributed by atoms with van der Waals surface area (Å²) in [4.78, 5) is 18.8. The third-order valence-electron chi connectivity index (χ3n) is 3.87. The molecule has 0 saturated carbocycles. The number of nitrogens with zero attached hydrogens (tertiary/aromatic N) is 4. The summed E-state index contributed by atoms with van der Waals surface area (Å²) in [5.74, 6) is 0.492. The lowest BCUT2D eigenvalue weighted by molar-refractivity contribution is 0.0666. The van der Waals surface area contributed by atoms with E-state index in [0.717, 1.165) is 5.69 Å². The van der Waals surface area contributed by atoms with E-state index in [2.05, 4.69) is 15.2 Å². The number of aromatic nitrogens is 3. The molecule has 7 heteroatoms. The van der Waals surface area contributed by atoms with Crippen molar-refractivity contribution in [2.45, 2.75) is 33.4 Å². The number of amides is 1. The van der Waals surface area contributed by atoms with Crippen molar-refractivity contribution in [2.75, 3.05) is 0 Å². The molecular formula is C19H19ClN4O2. The van der Waals surface area contributed by atoms with Gasteiger partial charge in [-0.05, 0) is 45.0 Å². The van der Waals surface area contributed by atoms with Crippen LogP contribution in [0.5, 0.6) is 0 Å². The maximum Gasteiger partial charge on any atom is 0.273 e. The molecule has 0 atom stereocenters. The van der Waals surface area contributed by atoms with E-state index < -0.39 is 0 Å². The van der Waals surface area contributed by atoms with Crippen LogP contribution in [0.15, 0.2) is 46.9 Å². The zero-order valence-corrected chi connectivity index (χ0v) is 15.6. The van der Waals surface area contributed by atoms with Crippen molar-refractivity contribution in [1.82, 2.24) is 20.1 Å². The van der Waals surface area contributed by atoms with Crippen molar-refractivity contribution in [1.29, 1.82) is 0 Å². The summed E-state index contributed by atoms with van der Waals surface area (Å²) in [6, 6.07) is 12.6. The molecule has 3 rings (SSSR count). The van der Waals surface area contributed by atoms with Crippen molar-refractivity contribution in [3.8, 4) is 11.5 Å². The number of pyridine rings is 1. The van der Waals surface area contributed by atoms with Crippen molar-refractivity contribution >= 4 is 17.5 Å². The van der Waals surface area contributed by atoms with Crippen molar-refractivity contribution < 1.29 is 9.21 Å². The second-order valence-corrected chi connectivity index (χ2v) is 6.58. The Labute approximate surface area is 156 Å². The average Bonchev–Trinajstić information content (AvgIpc) is 3.07. The Kier molecular flexibility index (Phi) is 5.32. The molecule has 2 heterocycles. The van der Waals surface area contributed by atoms with Gasteiger partial charge in [-0.3, -0.25) is 4.79 Å². The summed E-state index contributed by atoms with van der Waals surface area (Å²) < 4.78 is 5.72. The number of rotatable bonds is 5. The second kappa shape index (κ2) is 7.66. The van der Waals surface area contributed by atoms with Gasteiger partial charge in [0.2, 0.25) is 11.8 Å². The molecule has 0 saturated heterocycles. The van der Waals surface area contributed by atoms with Gasteiger partial charge in [-0.1, -0.05) is 29.8 Å². The van der Waals surface area contributed by atoms with Crippen molar-refractivity contribution in [2.24, 2.45) is 0 Å². The van der Waals surface area contributed by atoms with E-state index in [4.69, 9.17) is 16.0 Å². The fourth-order valence-corrected chi connectivity index (χ4v) is 2.72. The van der Waals surface area contributed by atoms with Crippen molar-refractivity contribution in [3.63, 3.8) is 0 Å². The van der Waals surface area contributed by atoms with Crippen LogP contribution in [0.1, 0.15) is 35.9 Å². The molecule has 0 aliphatic heterocycles. The van der Waals surface area contributed by atoms with Gasteiger partial charge in [0.1, 0.15) is 5.69 Å². The lowest BCUT2D eigenvalue weighted by atomic mass is 10.2. The van der Waals surface area contributed by atoms with Gasteiger partial charge in [-0.15, -0.1) is 10.2 Å². The topological polar surface area (TPSA) is 72.1 Å². The highest BCUT2D eigenvalue weighted by Gasteiger charge is 2.23. The van der Waals surface area contributed by atoms with E-state index >= 15 is 0 Å². The Morgan fingerprint density at radius 1 is 1.15 bits per heavy atom. The second-order valence-electron chi connectivity index (χ2n) is 6.17. The zero-order valence-electron chi connectivity index (χ0n) is 14.8. The fraction of sp³-hybridized carbons (Fsp3) is 0.263. The molecule has 0 N–H and O–H groups in total.